The lowest BCUT2D eigenvalue weighted by Gasteiger charge is -2.41. The molecule has 0 heterocycles. The minimum Gasteiger partial charge on any atom is -0.493 e. The van der Waals surface area contributed by atoms with E-state index in [0.29, 0.717) is 42.2 Å². The number of halogens is 2. The van der Waals surface area contributed by atoms with Crippen molar-refractivity contribution in [2.45, 2.75) is 65.1 Å². The number of nitrogens with one attached hydrogen (secondary N) is 1. The van der Waals surface area contributed by atoms with Crippen molar-refractivity contribution < 1.29 is 33.7 Å². The van der Waals surface area contributed by atoms with E-state index in [4.69, 9.17) is 37.4 Å². The van der Waals surface area contributed by atoms with Crippen LogP contribution in [0.1, 0.15) is 74.5 Å². The summed E-state index contributed by atoms with van der Waals surface area (Å²) in [7, 11) is 0. The Morgan fingerprint density at radius 2 is 1.80 bits per heavy atom. The molecule has 0 saturated heterocycles. The summed E-state index contributed by atoms with van der Waals surface area (Å²) in [5, 5.41) is 13.3. The van der Waals surface area contributed by atoms with Gasteiger partial charge < -0.3 is 29.5 Å². The fraction of sp³-hybridized carbons (Fsp3) is 0.483. The Balaban J connectivity index is 1.95. The minimum absolute atomic E-state index is 0.117. The van der Waals surface area contributed by atoms with E-state index in [1.54, 1.807) is 32.9 Å². The molecule has 0 radical (unpaired) electrons. The molecule has 2 aromatic rings. The lowest BCUT2D eigenvalue weighted by Crippen LogP contribution is -2.62. The Kier molecular flexibility index (Phi) is 11.1. The fourth-order valence-corrected chi connectivity index (χ4v) is 5.17. The number of ketones is 1. The van der Waals surface area contributed by atoms with Crippen molar-refractivity contribution in [2.24, 2.45) is 0 Å². The number of carboxylic acid groups (broad SMARTS) is 1. The number of carbonyl (C=O) groups excluding carboxylic acids is 2. The first-order chi connectivity index (χ1) is 19.1. The number of Topliss-reactive ketones (excluding diaryl/α,β-unsaturated/α-hetero) is 1. The van der Waals surface area contributed by atoms with E-state index in [1.807, 2.05) is 18.2 Å². The number of rotatable bonds is 14. The second-order valence-electron chi connectivity index (χ2n) is 9.59. The van der Waals surface area contributed by atoms with Gasteiger partial charge in [0.2, 0.25) is 0 Å². The first-order valence-corrected chi connectivity index (χ1v) is 14.1. The minimum atomic E-state index is -1.32. The highest BCUT2D eigenvalue weighted by Crippen LogP contribution is 2.43. The third kappa shape index (κ3) is 7.00. The van der Waals surface area contributed by atoms with Crippen molar-refractivity contribution in [2.75, 3.05) is 26.4 Å². The molecule has 1 fully saturated rings. The van der Waals surface area contributed by atoms with Crippen LogP contribution in [0.2, 0.25) is 10.0 Å². The molecule has 1 aliphatic rings. The summed E-state index contributed by atoms with van der Waals surface area (Å²) in [5.74, 6) is -0.874. The van der Waals surface area contributed by atoms with Crippen molar-refractivity contribution in [1.29, 1.82) is 0 Å². The first-order valence-electron chi connectivity index (χ1n) is 13.3. The number of hydrogen-bond acceptors (Lipinski definition) is 6. The molecule has 0 unspecified atom stereocenters. The van der Waals surface area contributed by atoms with Crippen LogP contribution in [0.15, 0.2) is 30.3 Å². The molecule has 1 aliphatic carbocycles. The Hall–Kier alpha value is -3.01. The largest absolute Gasteiger partial charge is 0.493 e. The number of carboxylic acids is 1. The van der Waals surface area contributed by atoms with Gasteiger partial charge in [-0.25, -0.2) is 9.59 Å². The van der Waals surface area contributed by atoms with Crippen LogP contribution in [0, 0.1) is 0 Å². The van der Waals surface area contributed by atoms with E-state index >= 15 is 0 Å². The monoisotopic (exact) mass is 594 g/mol. The average molecular weight is 596 g/mol. The molecule has 2 aromatic carbocycles. The lowest BCUT2D eigenvalue weighted by molar-refractivity contribution is -0.148. The van der Waals surface area contributed by atoms with Crippen LogP contribution in [0.3, 0.4) is 0 Å². The van der Waals surface area contributed by atoms with Gasteiger partial charge >= 0.3 is 12.0 Å². The number of amides is 2. The molecule has 0 bridgehead atoms. The molecule has 1 saturated carbocycles. The van der Waals surface area contributed by atoms with Crippen LogP contribution in [-0.2, 0) is 16.1 Å². The molecule has 2 N–H and O–H groups in total. The fourth-order valence-electron chi connectivity index (χ4n) is 4.61. The van der Waals surface area contributed by atoms with Crippen LogP contribution in [0.4, 0.5) is 4.79 Å². The molecular weight excluding hydrogens is 559 g/mol. The summed E-state index contributed by atoms with van der Waals surface area (Å²) in [6.45, 7) is 7.78. The van der Waals surface area contributed by atoms with Crippen molar-refractivity contribution in [3.8, 4) is 11.5 Å². The van der Waals surface area contributed by atoms with Crippen LogP contribution in [0.5, 0.6) is 11.5 Å². The van der Waals surface area contributed by atoms with Gasteiger partial charge in [0.15, 0.2) is 11.5 Å². The Bertz CT molecular complexity index is 1230. The zero-order valence-corrected chi connectivity index (χ0v) is 24.7. The molecule has 11 heteroatoms. The van der Waals surface area contributed by atoms with Crippen LogP contribution in [-0.4, -0.2) is 59.7 Å². The van der Waals surface area contributed by atoms with Gasteiger partial charge in [-0.2, -0.15) is 0 Å². The van der Waals surface area contributed by atoms with E-state index in [1.165, 1.54) is 11.8 Å². The molecule has 40 heavy (non-hydrogen) atoms. The summed E-state index contributed by atoms with van der Waals surface area (Å²) in [6, 6.07) is 7.70. The Morgan fingerprint density at radius 1 is 1.12 bits per heavy atom. The smallest absolute Gasteiger partial charge is 0.329 e. The van der Waals surface area contributed by atoms with E-state index in [-0.39, 0.29) is 48.5 Å². The predicted octanol–water partition coefficient (Wildman–Crippen LogP) is 6.29. The molecular formula is C29H36Cl2N2O7. The summed E-state index contributed by atoms with van der Waals surface area (Å²) >= 11 is 13.0. The van der Waals surface area contributed by atoms with Gasteiger partial charge in [-0.15, -0.1) is 0 Å². The van der Waals surface area contributed by atoms with E-state index in [2.05, 4.69) is 5.32 Å². The highest BCUT2D eigenvalue weighted by molar-refractivity contribution is 6.33. The van der Waals surface area contributed by atoms with Crippen LogP contribution < -0.4 is 14.8 Å². The van der Waals surface area contributed by atoms with Gasteiger partial charge in [-0.1, -0.05) is 41.4 Å². The molecule has 1 atom stereocenters. The summed E-state index contributed by atoms with van der Waals surface area (Å²) in [5.41, 5.74) is 0.196. The number of urea groups is 1. The van der Waals surface area contributed by atoms with Gasteiger partial charge in [0.1, 0.15) is 16.9 Å². The van der Waals surface area contributed by atoms with Gasteiger partial charge in [0, 0.05) is 17.1 Å². The Labute approximate surface area is 244 Å². The number of hydrogen-bond donors (Lipinski definition) is 2. The predicted molar refractivity (Wildman–Crippen MR) is 153 cm³/mol. The summed E-state index contributed by atoms with van der Waals surface area (Å²) in [6.07, 6.45) is 1.39. The highest BCUT2D eigenvalue weighted by atomic mass is 35.5. The number of ether oxygens (including phenoxy) is 3. The molecule has 0 spiro atoms. The maximum absolute atomic E-state index is 13.6. The second kappa shape index (κ2) is 14.1. The topological polar surface area (TPSA) is 114 Å². The van der Waals surface area contributed by atoms with Gasteiger partial charge in [-0.3, -0.25) is 4.79 Å². The SMILES string of the molecule is CCOc1cc([C@@H](C)N(CCOCc2ccccc2Cl)C(=O)NC2(C(=O)O)CCC2)c(Cl)c(OCC)c1C(C)=O. The lowest BCUT2D eigenvalue weighted by atomic mass is 9.77. The van der Waals surface area contributed by atoms with E-state index in [0.717, 1.165) is 5.56 Å². The van der Waals surface area contributed by atoms with E-state index in [9.17, 15) is 19.5 Å². The molecule has 0 aromatic heterocycles. The van der Waals surface area contributed by atoms with Crippen molar-refractivity contribution >= 4 is 41.0 Å². The maximum Gasteiger partial charge on any atom is 0.329 e. The standard InChI is InChI=1S/C29H36Cl2N2O7/c1-5-39-23-16-21(25(31)26(40-6-2)24(23)19(4)34)18(3)33(28(37)32-29(27(35)36)12-9-13-29)14-15-38-17-20-10-7-8-11-22(20)30/h7-8,10-11,16,18H,5-6,9,12-15,17H2,1-4H3,(H,32,37)(H,35,36)/t18-/m1/s1. The second-order valence-corrected chi connectivity index (χ2v) is 10.4. The molecule has 0 aliphatic heterocycles. The van der Waals surface area contributed by atoms with Crippen LogP contribution in [0.25, 0.3) is 0 Å². The maximum atomic E-state index is 13.6. The van der Waals surface area contributed by atoms with Gasteiger partial charge in [-0.05, 0) is 64.7 Å². The summed E-state index contributed by atoms with van der Waals surface area (Å²) < 4.78 is 17.4. The van der Waals surface area contributed by atoms with Gasteiger partial charge in [0.05, 0.1) is 37.5 Å². The Morgan fingerprint density at radius 3 is 2.35 bits per heavy atom. The first kappa shape index (κ1) is 31.5. The van der Waals surface area contributed by atoms with Gasteiger partial charge in [0.25, 0.3) is 0 Å². The number of aliphatic carboxylic acids is 1. The zero-order chi connectivity index (χ0) is 29.4. The molecule has 218 valence electrons. The van der Waals surface area contributed by atoms with E-state index < -0.39 is 23.6 Å². The number of carbonyl (C=O) groups is 3. The van der Waals surface area contributed by atoms with Crippen LogP contribution >= 0.6 is 23.2 Å². The average Bonchev–Trinajstić information content (AvgIpc) is 2.88. The molecule has 3 rings (SSSR count). The third-order valence-corrected chi connectivity index (χ3v) is 7.75. The molecule has 9 nitrogen and oxygen atoms in total. The molecule has 2 amide bonds. The van der Waals surface area contributed by atoms with Crippen molar-refractivity contribution in [3.05, 3.63) is 57.1 Å². The number of benzene rings is 2. The normalized spacial score (nSPS) is 14.6. The van der Waals surface area contributed by atoms with Crippen molar-refractivity contribution in [1.82, 2.24) is 10.2 Å². The number of nitrogens with zero attached hydrogens (tertiary/aromatic N) is 1. The summed E-state index contributed by atoms with van der Waals surface area (Å²) in [4.78, 5) is 39.6. The zero-order valence-electron chi connectivity index (χ0n) is 23.2. The highest BCUT2D eigenvalue weighted by Gasteiger charge is 2.47. The quantitative estimate of drug-likeness (QED) is 0.195. The van der Waals surface area contributed by atoms with Crippen molar-refractivity contribution in [3.63, 3.8) is 0 Å². The third-order valence-electron chi connectivity index (χ3n) is 6.99.